The van der Waals surface area contributed by atoms with Crippen molar-refractivity contribution in [2.75, 3.05) is 23.8 Å². The molecular weight excluding hydrogens is 252 g/mol. The van der Waals surface area contributed by atoms with Crippen LogP contribution in [0.4, 0.5) is 11.6 Å². The van der Waals surface area contributed by atoms with Crippen LogP contribution in [0.5, 0.6) is 0 Å². The van der Waals surface area contributed by atoms with E-state index in [0.717, 1.165) is 24.6 Å². The maximum atomic E-state index is 5.40. The van der Waals surface area contributed by atoms with E-state index in [9.17, 15) is 0 Å². The maximum Gasteiger partial charge on any atom is 0.158 e. The van der Waals surface area contributed by atoms with Gasteiger partial charge in [0.25, 0.3) is 0 Å². The molecule has 20 heavy (non-hydrogen) atoms. The number of hydrogen-bond donors (Lipinski definition) is 2. The van der Waals surface area contributed by atoms with E-state index in [1.807, 2.05) is 13.0 Å². The fourth-order valence-electron chi connectivity index (χ4n) is 1.83. The van der Waals surface area contributed by atoms with Crippen molar-refractivity contribution in [2.24, 2.45) is 5.92 Å². The zero-order valence-corrected chi connectivity index (χ0v) is 13.4. The molecule has 0 aliphatic rings. The molecule has 114 valence electrons. The Hall–Kier alpha value is -1.36. The van der Waals surface area contributed by atoms with Crippen LogP contribution < -0.4 is 10.6 Å². The molecule has 0 amide bonds. The smallest absolute Gasteiger partial charge is 0.158 e. The van der Waals surface area contributed by atoms with E-state index < -0.39 is 0 Å². The molecule has 0 fully saturated rings. The van der Waals surface area contributed by atoms with E-state index in [1.165, 1.54) is 0 Å². The molecule has 0 aliphatic heterocycles. The number of hydrogen-bond acceptors (Lipinski definition) is 5. The van der Waals surface area contributed by atoms with Gasteiger partial charge in [-0.25, -0.2) is 9.97 Å². The third-order valence-corrected chi connectivity index (χ3v) is 3.44. The molecule has 0 saturated carbocycles. The second-order valence-corrected chi connectivity index (χ2v) is 5.04. The Kier molecular flexibility index (Phi) is 7.30. The van der Waals surface area contributed by atoms with E-state index >= 15 is 0 Å². The molecule has 0 spiro atoms. The van der Waals surface area contributed by atoms with Crippen LogP contribution in [0.2, 0.25) is 0 Å². The molecule has 1 aromatic heterocycles. The Morgan fingerprint density at radius 2 is 1.85 bits per heavy atom. The third kappa shape index (κ3) is 5.33. The van der Waals surface area contributed by atoms with Gasteiger partial charge in [-0.1, -0.05) is 20.3 Å². The summed E-state index contributed by atoms with van der Waals surface area (Å²) in [6.07, 6.45) is 1.14. The first-order valence-electron chi connectivity index (χ1n) is 7.56. The molecule has 2 atom stereocenters. The number of anilines is 2. The van der Waals surface area contributed by atoms with Crippen molar-refractivity contribution < 1.29 is 4.74 Å². The van der Waals surface area contributed by atoms with Gasteiger partial charge in [0.05, 0.1) is 0 Å². The van der Waals surface area contributed by atoms with Gasteiger partial charge in [-0.2, -0.15) is 0 Å². The minimum Gasteiger partial charge on any atom is -0.374 e. The Morgan fingerprint density at radius 1 is 1.15 bits per heavy atom. The van der Waals surface area contributed by atoms with Crippen molar-refractivity contribution in [3.8, 4) is 0 Å². The third-order valence-electron chi connectivity index (χ3n) is 3.44. The van der Waals surface area contributed by atoms with E-state index in [1.54, 1.807) is 0 Å². The normalized spacial score (nSPS) is 13.8. The summed E-state index contributed by atoms with van der Waals surface area (Å²) in [5, 5.41) is 6.70. The molecule has 0 saturated heterocycles. The maximum absolute atomic E-state index is 5.40. The van der Waals surface area contributed by atoms with Crippen molar-refractivity contribution in [1.29, 1.82) is 0 Å². The highest BCUT2D eigenvalue weighted by Gasteiger charge is 2.12. The van der Waals surface area contributed by atoms with E-state index in [2.05, 4.69) is 48.3 Å². The van der Waals surface area contributed by atoms with Crippen LogP contribution in [-0.2, 0) is 11.3 Å². The van der Waals surface area contributed by atoms with Gasteiger partial charge in [-0.05, 0) is 26.7 Å². The number of aromatic nitrogens is 2. The fourth-order valence-corrected chi connectivity index (χ4v) is 1.83. The summed E-state index contributed by atoms with van der Waals surface area (Å²) in [5.74, 6) is 3.02. The monoisotopic (exact) mass is 280 g/mol. The van der Waals surface area contributed by atoms with Gasteiger partial charge in [0.15, 0.2) is 5.82 Å². The zero-order valence-electron chi connectivity index (χ0n) is 13.4. The summed E-state index contributed by atoms with van der Waals surface area (Å²) in [4.78, 5) is 8.97. The Labute approximate surface area is 122 Å². The Balaban J connectivity index is 2.84. The lowest BCUT2D eigenvalue weighted by molar-refractivity contribution is 0.128. The standard InChI is InChI=1S/C15H28N4O/c1-6-11(4)12(5)17-14-9-13(16-7-2)18-15(19-14)10-20-8-3/h9,11-12H,6-8,10H2,1-5H3,(H2,16,17,18,19). The molecule has 5 heteroatoms. The number of rotatable bonds is 9. The van der Waals surface area contributed by atoms with Crippen molar-refractivity contribution in [2.45, 2.75) is 53.7 Å². The molecule has 0 aromatic carbocycles. The van der Waals surface area contributed by atoms with Crippen LogP contribution in [0, 0.1) is 5.92 Å². The van der Waals surface area contributed by atoms with E-state index in [-0.39, 0.29) is 0 Å². The van der Waals surface area contributed by atoms with Crippen LogP contribution in [0.1, 0.15) is 46.9 Å². The second-order valence-electron chi connectivity index (χ2n) is 5.04. The van der Waals surface area contributed by atoms with Crippen LogP contribution in [0.15, 0.2) is 6.07 Å². The molecule has 0 radical (unpaired) electrons. The first kappa shape index (κ1) is 16.7. The van der Waals surface area contributed by atoms with Gasteiger partial charge in [-0.15, -0.1) is 0 Å². The summed E-state index contributed by atoms with van der Waals surface area (Å²) in [6, 6.07) is 2.34. The van der Waals surface area contributed by atoms with Crippen molar-refractivity contribution in [3.63, 3.8) is 0 Å². The van der Waals surface area contributed by atoms with Crippen molar-refractivity contribution in [1.82, 2.24) is 9.97 Å². The van der Waals surface area contributed by atoms with E-state index in [4.69, 9.17) is 4.74 Å². The van der Waals surface area contributed by atoms with Crippen LogP contribution in [0.3, 0.4) is 0 Å². The number of nitrogens with zero attached hydrogens (tertiary/aromatic N) is 2. The first-order chi connectivity index (χ1) is 9.60. The second kappa shape index (κ2) is 8.74. The molecule has 1 aromatic rings. The Bertz CT molecular complexity index is 397. The molecule has 2 N–H and O–H groups in total. The highest BCUT2D eigenvalue weighted by Crippen LogP contribution is 2.16. The number of ether oxygens (including phenoxy) is 1. The van der Waals surface area contributed by atoms with Gasteiger partial charge >= 0.3 is 0 Å². The summed E-state index contributed by atoms with van der Waals surface area (Å²) < 4.78 is 5.40. The van der Waals surface area contributed by atoms with Gasteiger partial charge in [0.1, 0.15) is 18.2 Å². The van der Waals surface area contributed by atoms with Gasteiger partial charge in [0.2, 0.25) is 0 Å². The lowest BCUT2D eigenvalue weighted by Crippen LogP contribution is -2.24. The molecule has 5 nitrogen and oxygen atoms in total. The molecule has 0 aliphatic carbocycles. The Morgan fingerprint density at radius 3 is 2.45 bits per heavy atom. The molecule has 1 heterocycles. The minimum absolute atomic E-state index is 0.379. The van der Waals surface area contributed by atoms with Gasteiger partial charge in [-0.3, -0.25) is 0 Å². The lowest BCUT2D eigenvalue weighted by atomic mass is 10.0. The van der Waals surface area contributed by atoms with Crippen LogP contribution in [-0.4, -0.2) is 29.2 Å². The topological polar surface area (TPSA) is 59.1 Å². The highest BCUT2D eigenvalue weighted by atomic mass is 16.5. The van der Waals surface area contributed by atoms with Crippen LogP contribution in [0.25, 0.3) is 0 Å². The minimum atomic E-state index is 0.379. The predicted molar refractivity (Wildman–Crippen MR) is 84.1 cm³/mol. The van der Waals surface area contributed by atoms with Crippen molar-refractivity contribution in [3.05, 3.63) is 11.9 Å². The predicted octanol–water partition coefficient (Wildman–Crippen LogP) is 3.29. The summed E-state index contributed by atoms with van der Waals surface area (Å²) in [6.45, 7) is 12.6. The van der Waals surface area contributed by atoms with Crippen LogP contribution >= 0.6 is 0 Å². The first-order valence-corrected chi connectivity index (χ1v) is 7.56. The molecule has 2 unspecified atom stereocenters. The van der Waals surface area contributed by atoms with Gasteiger partial charge in [0, 0.05) is 25.3 Å². The molecule has 0 bridgehead atoms. The lowest BCUT2D eigenvalue weighted by Gasteiger charge is -2.21. The molecular formula is C15H28N4O. The zero-order chi connectivity index (χ0) is 15.0. The average Bonchev–Trinajstić information content (AvgIpc) is 2.44. The highest BCUT2D eigenvalue weighted by molar-refractivity contribution is 5.48. The summed E-state index contributed by atoms with van der Waals surface area (Å²) in [7, 11) is 0. The average molecular weight is 280 g/mol. The van der Waals surface area contributed by atoms with E-state index in [0.29, 0.717) is 31.0 Å². The van der Waals surface area contributed by atoms with Gasteiger partial charge < -0.3 is 15.4 Å². The summed E-state index contributed by atoms with van der Waals surface area (Å²) in [5.41, 5.74) is 0. The molecule has 1 rings (SSSR count). The quantitative estimate of drug-likeness (QED) is 0.727. The largest absolute Gasteiger partial charge is 0.374 e. The number of nitrogens with one attached hydrogen (secondary N) is 2. The fraction of sp³-hybridized carbons (Fsp3) is 0.733. The van der Waals surface area contributed by atoms with Crippen molar-refractivity contribution >= 4 is 11.6 Å². The SMILES string of the molecule is CCNc1cc(NC(C)C(C)CC)nc(COCC)n1. The summed E-state index contributed by atoms with van der Waals surface area (Å²) >= 11 is 0.